The third kappa shape index (κ3) is 2.73. The van der Waals surface area contributed by atoms with E-state index in [1.807, 2.05) is 18.7 Å². The first-order chi connectivity index (χ1) is 5.75. The van der Waals surface area contributed by atoms with Gasteiger partial charge < -0.3 is 5.73 Å². The van der Waals surface area contributed by atoms with Crippen LogP contribution < -0.4 is 5.73 Å². The van der Waals surface area contributed by atoms with Gasteiger partial charge in [-0.1, -0.05) is 0 Å². The van der Waals surface area contributed by atoms with Crippen molar-refractivity contribution in [3.05, 3.63) is 15.0 Å². The van der Waals surface area contributed by atoms with Crippen molar-refractivity contribution in [1.82, 2.24) is 4.37 Å². The average molecular weight is 267 g/mol. The van der Waals surface area contributed by atoms with Crippen LogP contribution in [-0.4, -0.2) is 16.7 Å². The Morgan fingerprint density at radius 3 is 2.92 bits per heavy atom. The van der Waals surface area contributed by atoms with E-state index >= 15 is 0 Å². The fourth-order valence-corrected chi connectivity index (χ4v) is 3.16. The molecule has 0 bridgehead atoms. The Labute approximate surface area is 89.2 Å². The Morgan fingerprint density at radius 2 is 2.42 bits per heavy atom. The van der Waals surface area contributed by atoms with Crippen LogP contribution in [0, 0.1) is 6.92 Å². The molecule has 0 aliphatic rings. The molecule has 1 aromatic rings. The highest BCUT2D eigenvalue weighted by atomic mass is 79.9. The van der Waals surface area contributed by atoms with Gasteiger partial charge in [-0.3, -0.25) is 0 Å². The van der Waals surface area contributed by atoms with E-state index in [1.165, 1.54) is 4.88 Å². The van der Waals surface area contributed by atoms with Crippen molar-refractivity contribution in [2.24, 2.45) is 5.73 Å². The summed E-state index contributed by atoms with van der Waals surface area (Å²) in [4.78, 5) is 1.31. The first kappa shape index (κ1) is 10.5. The smallest absolute Gasteiger partial charge is 0.0656 e. The summed E-state index contributed by atoms with van der Waals surface area (Å²) in [5, 5.41) is 0. The molecule has 0 aromatic carbocycles. The third-order valence-electron chi connectivity index (χ3n) is 1.35. The van der Waals surface area contributed by atoms with Crippen LogP contribution in [-0.2, 0) is 5.75 Å². The van der Waals surface area contributed by atoms with E-state index in [1.54, 1.807) is 11.5 Å². The molecular formula is C7H11BrN2S2. The number of hydrogen-bond acceptors (Lipinski definition) is 4. The van der Waals surface area contributed by atoms with Crippen LogP contribution in [0.1, 0.15) is 10.6 Å². The van der Waals surface area contributed by atoms with Crippen molar-refractivity contribution < 1.29 is 0 Å². The number of aryl methyl sites for hydroxylation is 1. The van der Waals surface area contributed by atoms with Crippen molar-refractivity contribution in [2.75, 3.05) is 12.3 Å². The van der Waals surface area contributed by atoms with Gasteiger partial charge in [0.25, 0.3) is 0 Å². The predicted octanol–water partition coefficient (Wildman–Crippen LogP) is 2.41. The lowest BCUT2D eigenvalue weighted by molar-refractivity contribution is 1.15. The van der Waals surface area contributed by atoms with Gasteiger partial charge in [-0.2, -0.15) is 16.1 Å². The maximum absolute atomic E-state index is 5.39. The minimum absolute atomic E-state index is 0.750. The molecule has 0 amide bonds. The van der Waals surface area contributed by atoms with Gasteiger partial charge in [0.15, 0.2) is 0 Å². The Bertz CT molecular complexity index is 250. The van der Waals surface area contributed by atoms with Crippen LogP contribution in [0.4, 0.5) is 0 Å². The molecule has 1 aromatic heterocycles. The molecule has 0 aliphatic heterocycles. The minimum atomic E-state index is 0.750. The van der Waals surface area contributed by atoms with Crippen LogP contribution >= 0.6 is 39.2 Å². The molecule has 0 atom stereocenters. The monoisotopic (exact) mass is 266 g/mol. The standard InChI is InChI=1S/C7H11BrN2S2/c1-5-7(8)6(12-10-5)4-11-3-2-9/h2-4,9H2,1H3. The lowest BCUT2D eigenvalue weighted by atomic mass is 10.4. The molecule has 68 valence electrons. The van der Waals surface area contributed by atoms with Gasteiger partial charge in [0.05, 0.1) is 10.2 Å². The van der Waals surface area contributed by atoms with Crippen LogP contribution in [0.5, 0.6) is 0 Å². The molecule has 12 heavy (non-hydrogen) atoms. The minimum Gasteiger partial charge on any atom is -0.330 e. The predicted molar refractivity (Wildman–Crippen MR) is 59.8 cm³/mol. The van der Waals surface area contributed by atoms with Gasteiger partial charge in [0, 0.05) is 22.9 Å². The number of nitrogens with zero attached hydrogens (tertiary/aromatic N) is 1. The highest BCUT2D eigenvalue weighted by Crippen LogP contribution is 2.27. The van der Waals surface area contributed by atoms with E-state index in [9.17, 15) is 0 Å². The number of nitrogens with two attached hydrogens (primary N) is 1. The van der Waals surface area contributed by atoms with Crippen molar-refractivity contribution >= 4 is 39.2 Å². The summed E-state index contributed by atoms with van der Waals surface area (Å²) in [5.41, 5.74) is 6.48. The zero-order valence-corrected chi connectivity index (χ0v) is 10.1. The summed E-state index contributed by atoms with van der Waals surface area (Å²) >= 11 is 6.92. The van der Waals surface area contributed by atoms with E-state index in [4.69, 9.17) is 5.73 Å². The molecule has 5 heteroatoms. The molecule has 0 radical (unpaired) electrons. The Balaban J connectivity index is 2.46. The van der Waals surface area contributed by atoms with E-state index in [-0.39, 0.29) is 0 Å². The Kier molecular flexibility index (Phi) is 4.56. The van der Waals surface area contributed by atoms with Crippen LogP contribution in [0.3, 0.4) is 0 Å². The SMILES string of the molecule is Cc1nsc(CSCCN)c1Br. The van der Waals surface area contributed by atoms with Gasteiger partial charge in [0.2, 0.25) is 0 Å². The Morgan fingerprint density at radius 1 is 1.67 bits per heavy atom. The van der Waals surface area contributed by atoms with Crippen molar-refractivity contribution in [3.63, 3.8) is 0 Å². The number of rotatable bonds is 4. The van der Waals surface area contributed by atoms with E-state index in [0.717, 1.165) is 28.2 Å². The summed E-state index contributed by atoms with van der Waals surface area (Å²) in [7, 11) is 0. The van der Waals surface area contributed by atoms with Crippen molar-refractivity contribution in [2.45, 2.75) is 12.7 Å². The van der Waals surface area contributed by atoms with Gasteiger partial charge in [0.1, 0.15) is 0 Å². The van der Waals surface area contributed by atoms with Crippen LogP contribution in [0.2, 0.25) is 0 Å². The van der Waals surface area contributed by atoms with Crippen molar-refractivity contribution in [3.8, 4) is 0 Å². The first-order valence-electron chi connectivity index (χ1n) is 3.64. The fourth-order valence-electron chi connectivity index (χ4n) is 0.743. The lowest BCUT2D eigenvalue weighted by Gasteiger charge is -1.96. The second-order valence-corrected chi connectivity index (χ2v) is 5.10. The topological polar surface area (TPSA) is 38.9 Å². The number of aromatic nitrogens is 1. The molecule has 2 N–H and O–H groups in total. The van der Waals surface area contributed by atoms with E-state index in [0.29, 0.717) is 0 Å². The largest absolute Gasteiger partial charge is 0.330 e. The normalized spacial score (nSPS) is 10.6. The maximum Gasteiger partial charge on any atom is 0.0656 e. The summed E-state index contributed by atoms with van der Waals surface area (Å²) in [6.07, 6.45) is 0. The van der Waals surface area contributed by atoms with Crippen molar-refractivity contribution in [1.29, 1.82) is 0 Å². The second-order valence-electron chi connectivity index (χ2n) is 2.35. The highest BCUT2D eigenvalue weighted by Gasteiger charge is 2.06. The summed E-state index contributed by atoms with van der Waals surface area (Å²) in [6.45, 7) is 2.76. The van der Waals surface area contributed by atoms with Crippen LogP contribution in [0.25, 0.3) is 0 Å². The molecule has 0 aliphatic carbocycles. The van der Waals surface area contributed by atoms with Gasteiger partial charge in [-0.25, -0.2) is 0 Å². The molecule has 0 fully saturated rings. The molecule has 0 unspecified atom stereocenters. The second kappa shape index (κ2) is 5.21. The molecule has 0 spiro atoms. The summed E-state index contributed by atoms with van der Waals surface area (Å²) < 4.78 is 5.41. The molecule has 2 nitrogen and oxygen atoms in total. The van der Waals surface area contributed by atoms with E-state index < -0.39 is 0 Å². The fraction of sp³-hybridized carbons (Fsp3) is 0.571. The number of hydrogen-bond donors (Lipinski definition) is 1. The van der Waals surface area contributed by atoms with Gasteiger partial charge >= 0.3 is 0 Å². The maximum atomic E-state index is 5.39. The number of halogens is 1. The lowest BCUT2D eigenvalue weighted by Crippen LogP contribution is -2.01. The molecule has 1 rings (SSSR count). The average Bonchev–Trinajstić information content (AvgIpc) is 2.36. The molecule has 0 saturated carbocycles. The highest BCUT2D eigenvalue weighted by molar-refractivity contribution is 9.10. The van der Waals surface area contributed by atoms with E-state index in [2.05, 4.69) is 20.3 Å². The summed E-state index contributed by atoms with van der Waals surface area (Å²) in [5.74, 6) is 2.03. The first-order valence-corrected chi connectivity index (χ1v) is 6.36. The summed E-state index contributed by atoms with van der Waals surface area (Å²) in [6, 6.07) is 0. The van der Waals surface area contributed by atoms with Gasteiger partial charge in [-0.05, 0) is 34.4 Å². The molecule has 0 saturated heterocycles. The number of thioether (sulfide) groups is 1. The Hall–Kier alpha value is 0.420. The zero-order valence-electron chi connectivity index (χ0n) is 6.84. The third-order valence-corrected chi connectivity index (χ3v) is 4.80. The quantitative estimate of drug-likeness (QED) is 0.851. The zero-order chi connectivity index (χ0) is 8.97. The molecular weight excluding hydrogens is 256 g/mol. The van der Waals surface area contributed by atoms with Crippen LogP contribution in [0.15, 0.2) is 4.47 Å². The molecule has 1 heterocycles. The van der Waals surface area contributed by atoms with Gasteiger partial charge in [-0.15, -0.1) is 0 Å².